The minimum absolute atomic E-state index is 0.142. The molecule has 3 rings (SSSR count). The second-order valence-electron chi connectivity index (χ2n) is 4.14. The molecule has 2 aromatic rings. The van der Waals surface area contributed by atoms with Gasteiger partial charge in [-0.25, -0.2) is 9.78 Å². The van der Waals surface area contributed by atoms with E-state index in [-0.39, 0.29) is 5.56 Å². The summed E-state index contributed by atoms with van der Waals surface area (Å²) in [5, 5.41) is 11.7. The Morgan fingerprint density at radius 2 is 2.44 bits per heavy atom. The molecular formula is C12H11NO4S. The van der Waals surface area contributed by atoms with E-state index in [1.165, 1.54) is 12.3 Å². The first kappa shape index (κ1) is 11.4. The lowest BCUT2D eigenvalue weighted by atomic mass is 10.1. The molecule has 0 bridgehead atoms. The molecule has 3 heterocycles. The molecule has 0 aliphatic carbocycles. The Labute approximate surface area is 107 Å². The molecule has 1 fully saturated rings. The molecule has 6 heteroatoms. The average molecular weight is 265 g/mol. The zero-order chi connectivity index (χ0) is 12.5. The van der Waals surface area contributed by atoms with E-state index in [1.807, 2.05) is 5.38 Å². The first-order valence-corrected chi connectivity index (χ1v) is 6.47. The zero-order valence-electron chi connectivity index (χ0n) is 9.46. The topological polar surface area (TPSA) is 72.6 Å². The number of ether oxygens (including phenoxy) is 1. The highest BCUT2D eigenvalue weighted by atomic mass is 32.1. The van der Waals surface area contributed by atoms with Gasteiger partial charge in [-0.15, -0.1) is 11.3 Å². The van der Waals surface area contributed by atoms with Gasteiger partial charge in [-0.1, -0.05) is 0 Å². The van der Waals surface area contributed by atoms with Gasteiger partial charge in [0.05, 0.1) is 17.2 Å². The highest BCUT2D eigenvalue weighted by Gasteiger charge is 2.22. The Bertz CT molecular complexity index is 568. The molecule has 5 nitrogen and oxygen atoms in total. The van der Waals surface area contributed by atoms with Crippen LogP contribution in [0, 0.1) is 0 Å². The SMILES string of the molecule is O=C(O)c1coc(-c2csc(C3CCOC3)n2)c1. The molecule has 0 aromatic carbocycles. The first-order chi connectivity index (χ1) is 8.74. The summed E-state index contributed by atoms with van der Waals surface area (Å²) in [6.45, 7) is 1.50. The van der Waals surface area contributed by atoms with Crippen LogP contribution in [-0.4, -0.2) is 29.3 Å². The van der Waals surface area contributed by atoms with Crippen LogP contribution < -0.4 is 0 Å². The lowest BCUT2D eigenvalue weighted by Gasteiger charge is -2.00. The van der Waals surface area contributed by atoms with Gasteiger partial charge in [-0.05, 0) is 6.42 Å². The van der Waals surface area contributed by atoms with Crippen LogP contribution in [0.1, 0.15) is 27.7 Å². The number of carboxylic acids is 1. The highest BCUT2D eigenvalue weighted by Crippen LogP contribution is 2.31. The molecule has 2 aromatic heterocycles. The largest absolute Gasteiger partial charge is 0.478 e. The minimum atomic E-state index is -0.996. The van der Waals surface area contributed by atoms with Crippen molar-refractivity contribution in [2.24, 2.45) is 0 Å². The Morgan fingerprint density at radius 1 is 1.56 bits per heavy atom. The molecule has 0 radical (unpaired) electrons. The molecule has 1 aliphatic rings. The Hall–Kier alpha value is -1.66. The summed E-state index contributed by atoms with van der Waals surface area (Å²) < 4.78 is 10.5. The van der Waals surface area contributed by atoms with Crippen molar-refractivity contribution >= 4 is 17.3 Å². The van der Waals surface area contributed by atoms with E-state index in [2.05, 4.69) is 4.98 Å². The number of furan rings is 1. The monoisotopic (exact) mass is 265 g/mol. The molecule has 1 aliphatic heterocycles. The smallest absolute Gasteiger partial charge is 0.338 e. The third kappa shape index (κ3) is 2.04. The van der Waals surface area contributed by atoms with Crippen molar-refractivity contribution in [1.82, 2.24) is 4.98 Å². The van der Waals surface area contributed by atoms with E-state index in [4.69, 9.17) is 14.3 Å². The van der Waals surface area contributed by atoms with Crippen molar-refractivity contribution in [3.63, 3.8) is 0 Å². The van der Waals surface area contributed by atoms with E-state index in [9.17, 15) is 4.79 Å². The summed E-state index contributed by atoms with van der Waals surface area (Å²) in [5.74, 6) is -0.142. The van der Waals surface area contributed by atoms with Gasteiger partial charge in [0.1, 0.15) is 12.0 Å². The molecule has 1 atom stereocenters. The summed E-state index contributed by atoms with van der Waals surface area (Å²) in [6, 6.07) is 1.49. The summed E-state index contributed by atoms with van der Waals surface area (Å²) in [7, 11) is 0. The maximum Gasteiger partial charge on any atom is 0.338 e. The van der Waals surface area contributed by atoms with Crippen molar-refractivity contribution in [2.45, 2.75) is 12.3 Å². The number of carbonyl (C=O) groups is 1. The Kier molecular flexibility index (Phi) is 2.89. The van der Waals surface area contributed by atoms with Crippen LogP contribution in [0.4, 0.5) is 0 Å². The lowest BCUT2D eigenvalue weighted by Crippen LogP contribution is -1.96. The van der Waals surface area contributed by atoms with Gasteiger partial charge in [-0.2, -0.15) is 0 Å². The number of aromatic nitrogens is 1. The molecule has 1 unspecified atom stereocenters. The third-order valence-corrected chi connectivity index (χ3v) is 3.91. The van der Waals surface area contributed by atoms with E-state index >= 15 is 0 Å². The van der Waals surface area contributed by atoms with Crippen LogP contribution >= 0.6 is 11.3 Å². The molecule has 0 spiro atoms. The second kappa shape index (κ2) is 4.55. The van der Waals surface area contributed by atoms with Crippen molar-refractivity contribution in [2.75, 3.05) is 13.2 Å². The molecule has 1 N–H and O–H groups in total. The summed E-state index contributed by atoms with van der Waals surface area (Å²) in [4.78, 5) is 15.3. The van der Waals surface area contributed by atoms with Gasteiger partial charge in [0, 0.05) is 24.0 Å². The molecular weight excluding hydrogens is 254 g/mol. The van der Waals surface area contributed by atoms with E-state index < -0.39 is 5.97 Å². The fourth-order valence-corrected chi connectivity index (χ4v) is 2.83. The molecule has 0 saturated carbocycles. The lowest BCUT2D eigenvalue weighted by molar-refractivity contribution is 0.0696. The van der Waals surface area contributed by atoms with E-state index in [0.717, 1.165) is 18.0 Å². The van der Waals surface area contributed by atoms with Crippen molar-refractivity contribution in [1.29, 1.82) is 0 Å². The molecule has 0 amide bonds. The fraction of sp³-hybridized carbons (Fsp3) is 0.333. The first-order valence-electron chi connectivity index (χ1n) is 5.59. The Morgan fingerprint density at radius 3 is 3.11 bits per heavy atom. The summed E-state index contributed by atoms with van der Waals surface area (Å²) in [6.07, 6.45) is 2.22. The van der Waals surface area contributed by atoms with Gasteiger partial charge in [0.15, 0.2) is 5.76 Å². The normalized spacial score (nSPS) is 19.2. The number of hydrogen-bond acceptors (Lipinski definition) is 5. The van der Waals surface area contributed by atoms with Gasteiger partial charge in [0.2, 0.25) is 0 Å². The van der Waals surface area contributed by atoms with Crippen LogP contribution in [0.2, 0.25) is 0 Å². The quantitative estimate of drug-likeness (QED) is 0.923. The van der Waals surface area contributed by atoms with Gasteiger partial charge in [0.25, 0.3) is 0 Å². The summed E-state index contributed by atoms with van der Waals surface area (Å²) in [5.41, 5.74) is 0.832. The molecule has 1 saturated heterocycles. The van der Waals surface area contributed by atoms with Crippen LogP contribution in [-0.2, 0) is 4.74 Å². The summed E-state index contributed by atoms with van der Waals surface area (Å²) >= 11 is 1.56. The predicted molar refractivity (Wildman–Crippen MR) is 65.0 cm³/mol. The van der Waals surface area contributed by atoms with Gasteiger partial charge < -0.3 is 14.3 Å². The number of hydrogen-bond donors (Lipinski definition) is 1. The molecule has 94 valence electrons. The molecule has 18 heavy (non-hydrogen) atoms. The van der Waals surface area contributed by atoms with Gasteiger partial charge in [-0.3, -0.25) is 0 Å². The number of thiazole rings is 1. The van der Waals surface area contributed by atoms with Crippen LogP contribution in [0.3, 0.4) is 0 Å². The highest BCUT2D eigenvalue weighted by molar-refractivity contribution is 7.10. The van der Waals surface area contributed by atoms with E-state index in [1.54, 1.807) is 11.3 Å². The minimum Gasteiger partial charge on any atom is -0.478 e. The zero-order valence-corrected chi connectivity index (χ0v) is 10.3. The van der Waals surface area contributed by atoms with Gasteiger partial charge >= 0.3 is 5.97 Å². The Balaban J connectivity index is 1.85. The van der Waals surface area contributed by atoms with Crippen molar-refractivity contribution < 1.29 is 19.1 Å². The number of rotatable bonds is 3. The van der Waals surface area contributed by atoms with Crippen LogP contribution in [0.25, 0.3) is 11.5 Å². The van der Waals surface area contributed by atoms with E-state index in [0.29, 0.717) is 24.0 Å². The standard InChI is InChI=1S/C12H11NO4S/c14-12(15)8-3-10(17-5-8)9-6-18-11(13-9)7-1-2-16-4-7/h3,5-7H,1-2,4H2,(H,14,15). The average Bonchev–Trinajstić information content (AvgIpc) is 3.10. The number of aromatic carboxylic acids is 1. The van der Waals surface area contributed by atoms with Crippen LogP contribution in [0.15, 0.2) is 22.1 Å². The third-order valence-electron chi connectivity index (χ3n) is 2.90. The number of carboxylic acid groups (broad SMARTS) is 1. The predicted octanol–water partition coefficient (Wildman–Crippen LogP) is 2.61. The van der Waals surface area contributed by atoms with Crippen molar-refractivity contribution in [3.05, 3.63) is 28.3 Å². The fourth-order valence-electron chi connectivity index (χ4n) is 1.90. The van der Waals surface area contributed by atoms with Crippen molar-refractivity contribution in [3.8, 4) is 11.5 Å². The second-order valence-corrected chi connectivity index (χ2v) is 5.03. The van der Waals surface area contributed by atoms with Crippen LogP contribution in [0.5, 0.6) is 0 Å². The maximum absolute atomic E-state index is 10.8. The number of nitrogens with zero attached hydrogens (tertiary/aromatic N) is 1. The maximum atomic E-state index is 10.8.